The van der Waals surface area contributed by atoms with Gasteiger partial charge in [-0.25, -0.2) is 0 Å². The molecule has 10 heteroatoms. The van der Waals surface area contributed by atoms with Crippen molar-refractivity contribution >= 4 is 28.9 Å². The number of methoxy groups -OCH3 is 2. The maximum Gasteiger partial charge on any atom is 0.269 e. The number of benzene rings is 2. The van der Waals surface area contributed by atoms with Gasteiger partial charge in [-0.2, -0.15) is 0 Å². The van der Waals surface area contributed by atoms with Crippen molar-refractivity contribution in [3.8, 4) is 11.5 Å². The van der Waals surface area contributed by atoms with Crippen molar-refractivity contribution in [1.82, 2.24) is 4.90 Å². The number of nitro benzene ring substituents is 1. The highest BCUT2D eigenvalue weighted by atomic mass is 35.5. The molecule has 0 bridgehead atoms. The summed E-state index contributed by atoms with van der Waals surface area (Å²) >= 11 is 6.87. The van der Waals surface area contributed by atoms with Crippen LogP contribution in [-0.4, -0.2) is 48.8 Å². The molecule has 2 aromatic carbocycles. The Hall–Kier alpha value is -3.69. The van der Waals surface area contributed by atoms with Gasteiger partial charge < -0.3 is 19.1 Å². The molecule has 0 spiro atoms. The average Bonchev–Trinajstić information content (AvgIpc) is 2.95. The van der Waals surface area contributed by atoms with Crippen molar-refractivity contribution in [2.45, 2.75) is 72.3 Å². The van der Waals surface area contributed by atoms with Crippen LogP contribution in [0, 0.1) is 20.9 Å². The summed E-state index contributed by atoms with van der Waals surface area (Å²) in [5.41, 5.74) is 4.26. The number of ketones is 2. The molecule has 0 aromatic heterocycles. The molecule has 2 aromatic rings. The van der Waals surface area contributed by atoms with E-state index in [2.05, 4.69) is 32.6 Å². The summed E-state index contributed by atoms with van der Waals surface area (Å²) in [5, 5.41) is 11.3. The normalized spacial score (nSPS) is 19.4. The minimum Gasteiger partial charge on any atom is -0.493 e. The van der Waals surface area contributed by atoms with Crippen molar-refractivity contribution < 1.29 is 28.7 Å². The summed E-state index contributed by atoms with van der Waals surface area (Å²) in [7, 11) is 3.20. The second-order valence-corrected chi connectivity index (χ2v) is 14.2. The maximum atomic E-state index is 14.1. The molecule has 0 saturated heterocycles. The topological polar surface area (TPSA) is 108 Å². The van der Waals surface area contributed by atoms with Gasteiger partial charge in [-0.3, -0.25) is 19.7 Å². The molecule has 9 nitrogen and oxygen atoms in total. The van der Waals surface area contributed by atoms with E-state index in [1.165, 1.54) is 19.2 Å². The Bertz CT molecular complexity index is 1540. The van der Waals surface area contributed by atoms with Crippen molar-refractivity contribution in [3.63, 3.8) is 0 Å². The smallest absolute Gasteiger partial charge is 0.269 e. The average molecular weight is 637 g/mol. The molecule has 5 rings (SSSR count). The van der Waals surface area contributed by atoms with E-state index < -0.39 is 10.8 Å². The van der Waals surface area contributed by atoms with E-state index in [0.29, 0.717) is 67.0 Å². The third-order valence-electron chi connectivity index (χ3n) is 8.87. The number of allylic oxidation sites excluding steroid dienone is 4. The molecule has 0 amide bonds. The van der Waals surface area contributed by atoms with Crippen LogP contribution in [0.15, 0.2) is 58.9 Å². The highest BCUT2D eigenvalue weighted by Crippen LogP contribution is 2.55. The van der Waals surface area contributed by atoms with Crippen LogP contribution in [-0.2, 0) is 20.9 Å². The first-order chi connectivity index (χ1) is 21.2. The van der Waals surface area contributed by atoms with Crippen LogP contribution < -0.4 is 9.47 Å². The molecular weight excluding hydrogens is 596 g/mol. The molecule has 45 heavy (non-hydrogen) atoms. The summed E-state index contributed by atoms with van der Waals surface area (Å²) in [5.74, 6) is 0.199. The lowest BCUT2D eigenvalue weighted by molar-refractivity contribution is -0.384. The highest BCUT2D eigenvalue weighted by Gasteiger charge is 2.49. The van der Waals surface area contributed by atoms with Gasteiger partial charge in [0, 0.05) is 73.7 Å². The second kappa shape index (κ2) is 12.6. The Morgan fingerprint density at radius 3 is 2.02 bits per heavy atom. The maximum absolute atomic E-state index is 14.1. The van der Waals surface area contributed by atoms with Crippen LogP contribution in [0.25, 0.3) is 0 Å². The standard InChI is InChI=1S/C35H41ClN2O7/c1-34(2)16-25-31(27(39)18-34)30(32-26(37(25)12-7-13-43-5)17-35(3,4)19-28(32)40)22-14-24(36)33(29(15-22)44-6)45-20-21-8-10-23(11-9-21)38(41)42/h8-11,14-15,30H,7,12-13,16-20H2,1-6H3. The van der Waals surface area contributed by atoms with Crippen LogP contribution in [0.4, 0.5) is 5.69 Å². The number of carbonyl (C=O) groups is 2. The summed E-state index contributed by atoms with van der Waals surface area (Å²) in [6.45, 7) is 9.82. The Balaban J connectivity index is 1.60. The van der Waals surface area contributed by atoms with E-state index in [1.54, 1.807) is 25.3 Å². The fourth-order valence-electron chi connectivity index (χ4n) is 6.93. The molecule has 0 unspecified atom stereocenters. The molecule has 0 N–H and O–H groups in total. The first kappa shape index (κ1) is 32.7. The van der Waals surface area contributed by atoms with Gasteiger partial charge in [0.25, 0.3) is 5.69 Å². The number of rotatable bonds is 10. The molecule has 2 aliphatic carbocycles. The lowest BCUT2D eigenvalue weighted by atomic mass is 9.63. The van der Waals surface area contributed by atoms with Gasteiger partial charge in [-0.1, -0.05) is 39.3 Å². The number of non-ortho nitro benzene ring substituents is 1. The fraction of sp³-hybridized carbons (Fsp3) is 0.486. The first-order valence-corrected chi connectivity index (χ1v) is 15.7. The van der Waals surface area contributed by atoms with Crippen LogP contribution >= 0.6 is 11.6 Å². The number of carbonyl (C=O) groups excluding carboxylic acids is 2. The van der Waals surface area contributed by atoms with Crippen LogP contribution in [0.1, 0.15) is 76.8 Å². The zero-order valence-corrected chi connectivity index (χ0v) is 27.6. The molecule has 1 aliphatic heterocycles. The molecule has 240 valence electrons. The van der Waals surface area contributed by atoms with Gasteiger partial charge in [0.1, 0.15) is 6.61 Å². The summed E-state index contributed by atoms with van der Waals surface area (Å²) < 4.78 is 17.2. The minimum atomic E-state index is -0.573. The van der Waals surface area contributed by atoms with Crippen LogP contribution in [0.5, 0.6) is 11.5 Å². The van der Waals surface area contributed by atoms with Gasteiger partial charge in [-0.05, 0) is 65.5 Å². The highest BCUT2D eigenvalue weighted by molar-refractivity contribution is 6.32. The number of Topliss-reactive ketones (excluding diaryl/α,β-unsaturated/α-hetero) is 2. The lowest BCUT2D eigenvalue weighted by Gasteiger charge is -2.49. The molecule has 0 atom stereocenters. The van der Waals surface area contributed by atoms with Crippen molar-refractivity contribution in [2.75, 3.05) is 27.4 Å². The van der Waals surface area contributed by atoms with E-state index in [0.717, 1.165) is 23.4 Å². The predicted octanol–water partition coefficient (Wildman–Crippen LogP) is 7.56. The number of nitrogens with zero attached hydrogens (tertiary/aromatic N) is 2. The van der Waals surface area contributed by atoms with Gasteiger partial charge in [0.05, 0.1) is 17.1 Å². The number of hydrogen-bond donors (Lipinski definition) is 0. The summed E-state index contributed by atoms with van der Waals surface area (Å²) in [6, 6.07) is 9.68. The third kappa shape index (κ3) is 6.65. The molecular formula is C35H41ClN2O7. The van der Waals surface area contributed by atoms with Gasteiger partial charge >= 0.3 is 0 Å². The third-order valence-corrected chi connectivity index (χ3v) is 9.15. The van der Waals surface area contributed by atoms with E-state index in [-0.39, 0.29) is 39.7 Å². The first-order valence-electron chi connectivity index (χ1n) is 15.3. The van der Waals surface area contributed by atoms with Gasteiger partial charge in [-0.15, -0.1) is 0 Å². The van der Waals surface area contributed by atoms with E-state index in [9.17, 15) is 19.7 Å². The zero-order valence-electron chi connectivity index (χ0n) is 26.8. The van der Waals surface area contributed by atoms with Crippen molar-refractivity contribution in [2.24, 2.45) is 10.8 Å². The Kier molecular flexibility index (Phi) is 9.16. The number of nitro groups is 1. The minimum absolute atomic E-state index is 0.00731. The monoisotopic (exact) mass is 636 g/mol. The molecule has 0 fully saturated rings. The Morgan fingerprint density at radius 2 is 1.51 bits per heavy atom. The Labute approximate surface area is 269 Å². The van der Waals surface area contributed by atoms with Crippen molar-refractivity contribution in [3.05, 3.63) is 85.2 Å². The number of hydrogen-bond acceptors (Lipinski definition) is 8. The van der Waals surface area contributed by atoms with E-state index in [1.807, 2.05) is 6.07 Å². The van der Waals surface area contributed by atoms with Crippen LogP contribution in [0.3, 0.4) is 0 Å². The molecule has 3 aliphatic rings. The predicted molar refractivity (Wildman–Crippen MR) is 171 cm³/mol. The molecule has 1 heterocycles. The zero-order chi connectivity index (χ0) is 32.7. The SMILES string of the molecule is COCCCN1C2=C(C(=O)CC(C)(C)C2)C(c2cc(Cl)c(OCc3ccc([N+](=O)[O-])cc3)c(OC)c2)C2=C1CC(C)(C)CC2=O. The number of halogens is 1. The summed E-state index contributed by atoms with van der Waals surface area (Å²) in [4.78, 5) is 41.0. The van der Waals surface area contributed by atoms with E-state index >= 15 is 0 Å². The van der Waals surface area contributed by atoms with Gasteiger partial charge in [0.2, 0.25) is 0 Å². The fourth-order valence-corrected chi connectivity index (χ4v) is 7.21. The largest absolute Gasteiger partial charge is 0.493 e. The molecule has 0 saturated carbocycles. The second-order valence-electron chi connectivity index (χ2n) is 13.8. The number of ether oxygens (including phenoxy) is 3. The summed E-state index contributed by atoms with van der Waals surface area (Å²) in [6.07, 6.45) is 2.96. The van der Waals surface area contributed by atoms with E-state index in [4.69, 9.17) is 25.8 Å². The quantitative estimate of drug-likeness (QED) is 0.149. The van der Waals surface area contributed by atoms with Crippen molar-refractivity contribution in [1.29, 1.82) is 0 Å². The Morgan fingerprint density at radius 1 is 0.933 bits per heavy atom. The van der Waals surface area contributed by atoms with Crippen LogP contribution in [0.2, 0.25) is 5.02 Å². The molecule has 0 radical (unpaired) electrons. The van der Waals surface area contributed by atoms with Gasteiger partial charge in [0.15, 0.2) is 23.1 Å². The lowest BCUT2D eigenvalue weighted by Crippen LogP contribution is -2.44.